The molecule has 0 unspecified atom stereocenters. The number of ether oxygens (including phenoxy) is 1. The molecular weight excluding hydrogens is 281 g/mol. The van der Waals surface area contributed by atoms with E-state index in [4.69, 9.17) is 4.74 Å². The number of rotatable bonds is 7. The molecule has 0 aliphatic rings. The second-order valence-electron chi connectivity index (χ2n) is 5.14. The van der Waals surface area contributed by atoms with Gasteiger partial charge in [0.2, 0.25) is 5.91 Å². The minimum absolute atomic E-state index is 0.0582. The molecule has 22 heavy (non-hydrogen) atoms. The lowest BCUT2D eigenvalue weighted by atomic mass is 10.1. The van der Waals surface area contributed by atoms with Gasteiger partial charge in [0, 0.05) is 6.42 Å². The van der Waals surface area contributed by atoms with Crippen molar-refractivity contribution in [3.63, 3.8) is 0 Å². The minimum atomic E-state index is -0.274. The SMILES string of the molecule is Cc1cccc(OCCNC(=O)CCc2cccc(F)c2)c1. The third kappa shape index (κ3) is 5.56. The van der Waals surface area contributed by atoms with E-state index in [0.29, 0.717) is 26.0 Å². The first-order valence-electron chi connectivity index (χ1n) is 7.34. The van der Waals surface area contributed by atoms with E-state index >= 15 is 0 Å². The maximum absolute atomic E-state index is 13.0. The molecule has 0 aromatic heterocycles. The molecule has 0 heterocycles. The zero-order chi connectivity index (χ0) is 15.8. The van der Waals surface area contributed by atoms with Gasteiger partial charge in [-0.05, 0) is 48.7 Å². The highest BCUT2D eigenvalue weighted by molar-refractivity contribution is 5.76. The van der Waals surface area contributed by atoms with Crippen molar-refractivity contribution in [3.05, 3.63) is 65.5 Å². The Morgan fingerprint density at radius 3 is 2.77 bits per heavy atom. The fraction of sp³-hybridized carbons (Fsp3) is 0.278. The van der Waals surface area contributed by atoms with Crippen LogP contribution in [0.1, 0.15) is 17.5 Å². The molecule has 2 aromatic carbocycles. The third-order valence-corrected chi connectivity index (χ3v) is 3.21. The van der Waals surface area contributed by atoms with Crippen LogP contribution in [0, 0.1) is 12.7 Å². The van der Waals surface area contributed by atoms with E-state index in [1.165, 1.54) is 12.1 Å². The summed E-state index contributed by atoms with van der Waals surface area (Å²) in [7, 11) is 0. The standard InChI is InChI=1S/C18H20FNO2/c1-14-4-2-7-17(12-14)22-11-10-20-18(21)9-8-15-5-3-6-16(19)13-15/h2-7,12-13H,8-11H2,1H3,(H,20,21). The summed E-state index contributed by atoms with van der Waals surface area (Å²) in [5, 5.41) is 2.79. The smallest absolute Gasteiger partial charge is 0.220 e. The van der Waals surface area contributed by atoms with Crippen LogP contribution in [0.15, 0.2) is 48.5 Å². The number of aryl methyl sites for hydroxylation is 2. The minimum Gasteiger partial charge on any atom is -0.492 e. The van der Waals surface area contributed by atoms with Crippen molar-refractivity contribution < 1.29 is 13.9 Å². The fourth-order valence-electron chi connectivity index (χ4n) is 2.10. The zero-order valence-electron chi connectivity index (χ0n) is 12.6. The van der Waals surface area contributed by atoms with Gasteiger partial charge in [-0.15, -0.1) is 0 Å². The number of hydrogen-bond donors (Lipinski definition) is 1. The van der Waals surface area contributed by atoms with E-state index in [1.54, 1.807) is 6.07 Å². The number of halogens is 1. The van der Waals surface area contributed by atoms with Gasteiger partial charge in [0.25, 0.3) is 0 Å². The van der Waals surface area contributed by atoms with Crippen LogP contribution >= 0.6 is 0 Å². The summed E-state index contributed by atoms with van der Waals surface area (Å²) < 4.78 is 18.6. The molecule has 0 saturated carbocycles. The first kappa shape index (κ1) is 16.0. The third-order valence-electron chi connectivity index (χ3n) is 3.21. The second kappa shape index (κ2) is 8.17. The summed E-state index contributed by atoms with van der Waals surface area (Å²) in [5.41, 5.74) is 1.96. The Labute approximate surface area is 130 Å². The van der Waals surface area contributed by atoms with Gasteiger partial charge < -0.3 is 10.1 Å². The normalized spacial score (nSPS) is 10.3. The fourth-order valence-corrected chi connectivity index (χ4v) is 2.10. The van der Waals surface area contributed by atoms with Gasteiger partial charge in [-0.2, -0.15) is 0 Å². The molecule has 1 amide bonds. The largest absolute Gasteiger partial charge is 0.492 e. The topological polar surface area (TPSA) is 38.3 Å². The van der Waals surface area contributed by atoms with Crippen LogP contribution < -0.4 is 10.1 Å². The predicted molar refractivity (Wildman–Crippen MR) is 84.4 cm³/mol. The number of amides is 1. The van der Waals surface area contributed by atoms with Crippen LogP contribution in [0.4, 0.5) is 4.39 Å². The molecule has 2 aromatic rings. The maximum atomic E-state index is 13.0. The van der Waals surface area contributed by atoms with Crippen molar-refractivity contribution in [1.82, 2.24) is 5.32 Å². The second-order valence-corrected chi connectivity index (χ2v) is 5.14. The molecule has 0 aliphatic carbocycles. The molecule has 0 atom stereocenters. The number of carbonyl (C=O) groups is 1. The van der Waals surface area contributed by atoms with E-state index in [-0.39, 0.29) is 11.7 Å². The molecule has 2 rings (SSSR count). The quantitative estimate of drug-likeness (QED) is 0.797. The van der Waals surface area contributed by atoms with Crippen molar-refractivity contribution in [3.8, 4) is 5.75 Å². The molecule has 0 radical (unpaired) electrons. The summed E-state index contributed by atoms with van der Waals surface area (Å²) in [5.74, 6) is 0.468. The summed E-state index contributed by atoms with van der Waals surface area (Å²) in [6.07, 6.45) is 0.871. The molecule has 0 fully saturated rings. The van der Waals surface area contributed by atoms with Crippen molar-refractivity contribution >= 4 is 5.91 Å². The van der Waals surface area contributed by atoms with Gasteiger partial charge >= 0.3 is 0 Å². The van der Waals surface area contributed by atoms with E-state index in [2.05, 4.69) is 5.32 Å². The molecule has 0 bridgehead atoms. The molecule has 0 spiro atoms. The molecule has 0 saturated heterocycles. The number of benzene rings is 2. The Morgan fingerprint density at radius 1 is 1.18 bits per heavy atom. The van der Waals surface area contributed by atoms with Crippen molar-refractivity contribution in [1.29, 1.82) is 0 Å². The summed E-state index contributed by atoms with van der Waals surface area (Å²) >= 11 is 0. The van der Waals surface area contributed by atoms with E-state index in [9.17, 15) is 9.18 Å². The van der Waals surface area contributed by atoms with Crippen LogP contribution in [0.3, 0.4) is 0 Å². The van der Waals surface area contributed by atoms with Crippen molar-refractivity contribution in [2.45, 2.75) is 19.8 Å². The van der Waals surface area contributed by atoms with E-state index in [1.807, 2.05) is 37.3 Å². The Balaban J connectivity index is 1.63. The monoisotopic (exact) mass is 301 g/mol. The molecule has 3 nitrogen and oxygen atoms in total. The highest BCUT2D eigenvalue weighted by Crippen LogP contribution is 2.11. The Kier molecular flexibility index (Phi) is 5.95. The van der Waals surface area contributed by atoms with Crippen LogP contribution in [0.5, 0.6) is 5.75 Å². The molecule has 0 aliphatic heterocycles. The summed E-state index contributed by atoms with van der Waals surface area (Å²) in [6, 6.07) is 14.1. The number of nitrogens with one attached hydrogen (secondary N) is 1. The highest BCUT2D eigenvalue weighted by atomic mass is 19.1. The Morgan fingerprint density at radius 2 is 2.00 bits per heavy atom. The molecule has 1 N–H and O–H groups in total. The lowest BCUT2D eigenvalue weighted by molar-refractivity contribution is -0.121. The average molecular weight is 301 g/mol. The molecule has 4 heteroatoms. The highest BCUT2D eigenvalue weighted by Gasteiger charge is 2.03. The van der Waals surface area contributed by atoms with Crippen molar-refractivity contribution in [2.24, 2.45) is 0 Å². The summed E-state index contributed by atoms with van der Waals surface area (Å²) in [4.78, 5) is 11.7. The van der Waals surface area contributed by atoms with E-state index < -0.39 is 0 Å². The van der Waals surface area contributed by atoms with Gasteiger partial charge in [-0.1, -0.05) is 24.3 Å². The lowest BCUT2D eigenvalue weighted by Crippen LogP contribution is -2.28. The van der Waals surface area contributed by atoms with Gasteiger partial charge in [-0.3, -0.25) is 4.79 Å². The van der Waals surface area contributed by atoms with Gasteiger partial charge in [0.15, 0.2) is 0 Å². The summed E-state index contributed by atoms with van der Waals surface area (Å²) in [6.45, 7) is 2.88. The van der Waals surface area contributed by atoms with Crippen LogP contribution in [-0.4, -0.2) is 19.1 Å². The first-order chi connectivity index (χ1) is 10.6. The van der Waals surface area contributed by atoms with Gasteiger partial charge in [-0.25, -0.2) is 4.39 Å². The van der Waals surface area contributed by atoms with Gasteiger partial charge in [0.05, 0.1) is 6.54 Å². The molecular formula is C18H20FNO2. The van der Waals surface area contributed by atoms with Crippen LogP contribution in [0.2, 0.25) is 0 Å². The van der Waals surface area contributed by atoms with Crippen LogP contribution in [0.25, 0.3) is 0 Å². The lowest BCUT2D eigenvalue weighted by Gasteiger charge is -2.08. The Bertz CT molecular complexity index is 628. The maximum Gasteiger partial charge on any atom is 0.220 e. The van der Waals surface area contributed by atoms with Crippen molar-refractivity contribution in [2.75, 3.05) is 13.2 Å². The van der Waals surface area contributed by atoms with E-state index in [0.717, 1.165) is 16.9 Å². The average Bonchev–Trinajstić information content (AvgIpc) is 2.50. The first-order valence-corrected chi connectivity index (χ1v) is 7.34. The predicted octanol–water partition coefficient (Wildman–Crippen LogP) is 3.26. The number of carbonyl (C=O) groups excluding carboxylic acids is 1. The number of hydrogen-bond acceptors (Lipinski definition) is 2. The van der Waals surface area contributed by atoms with Crippen LogP contribution in [-0.2, 0) is 11.2 Å². The zero-order valence-corrected chi connectivity index (χ0v) is 12.6. The molecule has 116 valence electrons. The van der Waals surface area contributed by atoms with Gasteiger partial charge in [0.1, 0.15) is 18.2 Å². The Hall–Kier alpha value is -2.36.